The van der Waals surface area contributed by atoms with Crippen LogP contribution in [0.5, 0.6) is 0 Å². The molecule has 2 bridgehead atoms. The maximum atomic E-state index is 12.7. The smallest absolute Gasteiger partial charge is 0.303 e. The lowest BCUT2D eigenvalue weighted by Gasteiger charge is -2.59. The van der Waals surface area contributed by atoms with Crippen LogP contribution in [-0.2, 0) is 47.7 Å². The summed E-state index contributed by atoms with van der Waals surface area (Å²) in [6, 6.07) is 0. The molecule has 0 aliphatic heterocycles. The van der Waals surface area contributed by atoms with Gasteiger partial charge in [0.15, 0.2) is 12.2 Å². The van der Waals surface area contributed by atoms with Crippen molar-refractivity contribution < 1.29 is 47.7 Å². The van der Waals surface area contributed by atoms with Gasteiger partial charge in [-0.15, -0.1) is 0 Å². The van der Waals surface area contributed by atoms with Crippen LogP contribution in [0.25, 0.3) is 0 Å². The number of carbonyl (C=O) groups is 5. The van der Waals surface area contributed by atoms with Crippen molar-refractivity contribution in [3.8, 4) is 0 Å². The molecule has 10 heteroatoms. The van der Waals surface area contributed by atoms with E-state index in [2.05, 4.69) is 6.58 Å². The number of ether oxygens (including phenoxy) is 5. The van der Waals surface area contributed by atoms with Crippen LogP contribution >= 0.6 is 0 Å². The van der Waals surface area contributed by atoms with E-state index in [1.807, 2.05) is 27.7 Å². The van der Waals surface area contributed by atoms with Crippen molar-refractivity contribution in [2.45, 2.75) is 112 Å². The number of rotatable bonds is 5. The van der Waals surface area contributed by atoms with E-state index < -0.39 is 77.1 Å². The molecule has 0 aromatic rings. The molecule has 0 aromatic heterocycles. The number of hydrogen-bond acceptors (Lipinski definition) is 10. The van der Waals surface area contributed by atoms with E-state index in [4.69, 9.17) is 23.7 Å². The van der Waals surface area contributed by atoms with E-state index in [-0.39, 0.29) is 12.3 Å². The molecule has 3 rings (SSSR count). The Morgan fingerprint density at radius 2 is 1.20 bits per heavy atom. The minimum absolute atomic E-state index is 0.0950. The van der Waals surface area contributed by atoms with Crippen molar-refractivity contribution >= 4 is 29.8 Å². The summed E-state index contributed by atoms with van der Waals surface area (Å²) in [5.74, 6) is -3.35. The second kappa shape index (κ2) is 11.4. The molecule has 0 saturated heterocycles. The van der Waals surface area contributed by atoms with Crippen LogP contribution in [0.15, 0.2) is 23.3 Å². The molecule has 0 heterocycles. The first-order chi connectivity index (χ1) is 18.4. The molecule has 8 atom stereocenters. The first-order valence-corrected chi connectivity index (χ1v) is 13.7. The largest absolute Gasteiger partial charge is 0.462 e. The number of hydrogen-bond donors (Lipinski definition) is 0. The van der Waals surface area contributed by atoms with E-state index in [0.717, 1.165) is 5.57 Å². The molecular weight excluding hydrogens is 520 g/mol. The van der Waals surface area contributed by atoms with Gasteiger partial charge in [0.2, 0.25) is 0 Å². The topological polar surface area (TPSA) is 132 Å². The van der Waals surface area contributed by atoms with Crippen molar-refractivity contribution in [2.75, 3.05) is 0 Å². The average molecular weight is 563 g/mol. The molecule has 8 unspecified atom stereocenters. The lowest BCUT2D eigenvalue weighted by molar-refractivity contribution is -0.212. The minimum Gasteiger partial charge on any atom is -0.462 e. The summed E-state index contributed by atoms with van der Waals surface area (Å²) < 4.78 is 29.3. The van der Waals surface area contributed by atoms with Crippen molar-refractivity contribution in [1.82, 2.24) is 0 Å². The Morgan fingerprint density at radius 1 is 0.700 bits per heavy atom. The second-order valence-corrected chi connectivity index (χ2v) is 12.1. The molecule has 3 aliphatic carbocycles. The molecule has 0 spiro atoms. The van der Waals surface area contributed by atoms with Crippen LogP contribution in [-0.4, -0.2) is 60.4 Å². The first kappa shape index (κ1) is 31.4. The van der Waals surface area contributed by atoms with Crippen molar-refractivity contribution in [1.29, 1.82) is 0 Å². The predicted octanol–water partition coefficient (Wildman–Crippen LogP) is 3.99. The Kier molecular flexibility index (Phi) is 8.91. The summed E-state index contributed by atoms with van der Waals surface area (Å²) in [7, 11) is 0. The zero-order valence-corrected chi connectivity index (χ0v) is 25.0. The van der Waals surface area contributed by atoms with Gasteiger partial charge >= 0.3 is 29.8 Å². The summed E-state index contributed by atoms with van der Waals surface area (Å²) in [5, 5.41) is 0. The first-order valence-electron chi connectivity index (χ1n) is 13.7. The van der Waals surface area contributed by atoms with Gasteiger partial charge in [-0.25, -0.2) is 0 Å². The summed E-state index contributed by atoms with van der Waals surface area (Å²) in [6.07, 6.45) is -3.36. The fourth-order valence-corrected chi connectivity index (χ4v) is 7.31. The molecule has 0 aromatic carbocycles. The fourth-order valence-electron chi connectivity index (χ4n) is 7.31. The van der Waals surface area contributed by atoms with E-state index in [0.29, 0.717) is 24.0 Å². The summed E-state index contributed by atoms with van der Waals surface area (Å²) in [4.78, 5) is 61.8. The predicted molar refractivity (Wildman–Crippen MR) is 142 cm³/mol. The highest BCUT2D eigenvalue weighted by Gasteiger charge is 2.64. The van der Waals surface area contributed by atoms with E-state index in [1.54, 1.807) is 0 Å². The number of carbonyl (C=O) groups excluding carboxylic acids is 5. The second-order valence-electron chi connectivity index (χ2n) is 12.1. The summed E-state index contributed by atoms with van der Waals surface area (Å²) in [6.45, 7) is 18.5. The van der Waals surface area contributed by atoms with Crippen LogP contribution < -0.4 is 0 Å². The molecule has 0 radical (unpaired) electrons. The molecule has 0 N–H and O–H groups in total. The van der Waals surface area contributed by atoms with Gasteiger partial charge in [-0.1, -0.05) is 27.4 Å². The standard InChI is InChI=1S/C30H42O10/c1-14-22-11-21-12-23(36-16(3)31)15(2)26(29(21,8)9)27(39-19(6)34)28(40-20(7)35)30(22,10)25(38-18(5)33)13-24(14)37-17(4)32/h21-25,27-28H,1,11-13H2,2-10H3. The summed E-state index contributed by atoms with van der Waals surface area (Å²) in [5.41, 5.74) is 0.296. The lowest BCUT2D eigenvalue weighted by atomic mass is 9.49. The molecule has 10 nitrogen and oxygen atoms in total. The normalized spacial score (nSPS) is 34.8. The van der Waals surface area contributed by atoms with Gasteiger partial charge in [0.1, 0.15) is 18.3 Å². The highest BCUT2D eigenvalue weighted by atomic mass is 16.6. The van der Waals surface area contributed by atoms with Gasteiger partial charge < -0.3 is 23.7 Å². The zero-order valence-electron chi connectivity index (χ0n) is 25.0. The van der Waals surface area contributed by atoms with Crippen LogP contribution in [0, 0.1) is 22.7 Å². The Balaban J connectivity index is 2.39. The maximum absolute atomic E-state index is 12.7. The maximum Gasteiger partial charge on any atom is 0.303 e. The summed E-state index contributed by atoms with van der Waals surface area (Å²) >= 11 is 0. The molecule has 3 aliphatic rings. The monoisotopic (exact) mass is 562 g/mol. The third-order valence-electron chi connectivity index (χ3n) is 9.06. The van der Waals surface area contributed by atoms with Crippen molar-refractivity contribution in [2.24, 2.45) is 22.7 Å². The molecule has 2 saturated carbocycles. The van der Waals surface area contributed by atoms with Crippen molar-refractivity contribution in [3.63, 3.8) is 0 Å². The van der Waals surface area contributed by atoms with Gasteiger partial charge in [-0.05, 0) is 53.7 Å². The zero-order chi connectivity index (χ0) is 30.3. The highest BCUT2D eigenvalue weighted by molar-refractivity contribution is 5.69. The lowest BCUT2D eigenvalue weighted by Crippen LogP contribution is -2.64. The van der Waals surface area contributed by atoms with Crippen LogP contribution in [0.2, 0.25) is 0 Å². The number of esters is 5. The Labute approximate surface area is 235 Å². The molecule has 0 amide bonds. The SMILES string of the molecule is C=C1C(OC(C)=O)CC(OC(C)=O)C2(C)C1CC1CC(OC(C)=O)C(C)=C(C(OC(C)=O)C2OC(C)=O)C1(C)C. The Morgan fingerprint density at radius 3 is 1.70 bits per heavy atom. The molecule has 40 heavy (non-hydrogen) atoms. The highest BCUT2D eigenvalue weighted by Crippen LogP contribution is 2.61. The molecule has 222 valence electrons. The van der Waals surface area contributed by atoms with Crippen molar-refractivity contribution in [3.05, 3.63) is 23.3 Å². The van der Waals surface area contributed by atoms with Crippen LogP contribution in [0.3, 0.4) is 0 Å². The molecular formula is C30H42O10. The third-order valence-corrected chi connectivity index (χ3v) is 9.06. The fraction of sp³-hybridized carbons (Fsp3) is 0.700. The number of fused-ring (bicyclic) bond motifs is 3. The Bertz CT molecular complexity index is 1130. The average Bonchev–Trinajstić information content (AvgIpc) is 2.78. The van der Waals surface area contributed by atoms with Gasteiger partial charge in [0.25, 0.3) is 0 Å². The molecule has 2 fully saturated rings. The van der Waals surface area contributed by atoms with Gasteiger partial charge in [-0.3, -0.25) is 24.0 Å². The van der Waals surface area contributed by atoms with E-state index >= 15 is 0 Å². The Hall–Kier alpha value is -3.17. The van der Waals surface area contributed by atoms with E-state index in [1.165, 1.54) is 34.6 Å². The van der Waals surface area contributed by atoms with Crippen LogP contribution in [0.1, 0.15) is 81.6 Å². The minimum atomic E-state index is -1.13. The quantitative estimate of drug-likeness (QED) is 0.275. The van der Waals surface area contributed by atoms with Gasteiger partial charge in [0.05, 0.1) is 5.41 Å². The van der Waals surface area contributed by atoms with Gasteiger partial charge in [-0.2, -0.15) is 0 Å². The third kappa shape index (κ3) is 5.81. The van der Waals surface area contributed by atoms with Crippen LogP contribution in [0.4, 0.5) is 0 Å². The van der Waals surface area contributed by atoms with Gasteiger partial charge in [0, 0.05) is 41.0 Å². The van der Waals surface area contributed by atoms with E-state index in [9.17, 15) is 24.0 Å².